The summed E-state index contributed by atoms with van der Waals surface area (Å²) in [7, 11) is 0. The number of fused-ring (bicyclic) bond motifs is 1. The molecule has 3 nitrogen and oxygen atoms in total. The molecular weight excluding hydrogens is 195 g/mol. The smallest absolute Gasteiger partial charge is 0.312 e. The predicted octanol–water partition coefficient (Wildman–Crippen LogP) is 1.09. The minimum absolute atomic E-state index is 0.616. The predicted molar refractivity (Wildman–Crippen MR) is 43.7 cm³/mol. The Morgan fingerprint density at radius 2 is 2.29 bits per heavy atom. The maximum atomic E-state index is 12.1. The van der Waals surface area contributed by atoms with Gasteiger partial charge in [0.2, 0.25) is 0 Å². The van der Waals surface area contributed by atoms with Gasteiger partial charge in [0.15, 0.2) is 0 Å². The van der Waals surface area contributed by atoms with E-state index in [1.165, 1.54) is 6.20 Å². The Bertz CT molecular complexity index is 329. The van der Waals surface area contributed by atoms with Crippen LogP contribution in [0.4, 0.5) is 13.2 Å². The number of nitrogens with zero attached hydrogens (tertiary/aromatic N) is 2. The van der Waals surface area contributed by atoms with Crippen molar-refractivity contribution in [1.29, 1.82) is 0 Å². The zero-order valence-electron chi connectivity index (χ0n) is 7.43. The molecule has 0 bridgehead atoms. The number of rotatable bonds is 1. The summed E-state index contributed by atoms with van der Waals surface area (Å²) in [5.41, 5.74) is 1.58. The van der Waals surface area contributed by atoms with E-state index in [4.69, 9.17) is 0 Å². The third kappa shape index (κ3) is 1.89. The van der Waals surface area contributed by atoms with Gasteiger partial charge in [-0.3, -0.25) is 4.68 Å². The third-order valence-corrected chi connectivity index (χ3v) is 2.22. The number of nitrogens with one attached hydrogen (secondary N) is 1. The van der Waals surface area contributed by atoms with Crippen LogP contribution in [0.1, 0.15) is 11.3 Å². The van der Waals surface area contributed by atoms with Crippen molar-refractivity contribution in [2.45, 2.75) is 25.7 Å². The van der Waals surface area contributed by atoms with Crippen molar-refractivity contribution >= 4 is 0 Å². The van der Waals surface area contributed by atoms with Gasteiger partial charge in [-0.05, 0) is 0 Å². The molecule has 78 valence electrons. The van der Waals surface area contributed by atoms with E-state index in [-0.39, 0.29) is 0 Å². The zero-order chi connectivity index (χ0) is 10.2. The minimum Gasteiger partial charge on any atom is -0.312 e. The van der Waals surface area contributed by atoms with Gasteiger partial charge in [-0.2, -0.15) is 18.3 Å². The van der Waals surface area contributed by atoms with Crippen molar-refractivity contribution in [2.75, 3.05) is 6.54 Å². The van der Waals surface area contributed by atoms with E-state index in [2.05, 4.69) is 10.4 Å². The van der Waals surface area contributed by atoms with Gasteiger partial charge in [0.25, 0.3) is 0 Å². The van der Waals surface area contributed by atoms with Gasteiger partial charge in [-0.1, -0.05) is 0 Å². The van der Waals surface area contributed by atoms with Crippen LogP contribution in [0.2, 0.25) is 0 Å². The Morgan fingerprint density at radius 3 is 3.00 bits per heavy atom. The summed E-state index contributed by atoms with van der Waals surface area (Å²) in [5, 5.41) is 6.82. The molecule has 1 aromatic rings. The average Bonchev–Trinajstić information content (AvgIpc) is 2.47. The number of hydrogen-bond acceptors (Lipinski definition) is 2. The average molecular weight is 205 g/mol. The molecule has 1 aromatic heterocycles. The summed E-state index contributed by atoms with van der Waals surface area (Å²) in [6.07, 6.45) is -2.07. The van der Waals surface area contributed by atoms with Crippen LogP contribution < -0.4 is 5.32 Å². The van der Waals surface area contributed by atoms with E-state index in [1.807, 2.05) is 0 Å². The maximum absolute atomic E-state index is 12.1. The number of hydrogen-bond donors (Lipinski definition) is 1. The number of halogens is 3. The van der Waals surface area contributed by atoms with Crippen LogP contribution in [0.3, 0.4) is 0 Å². The first-order valence-electron chi connectivity index (χ1n) is 4.37. The molecule has 0 atom stereocenters. The van der Waals surface area contributed by atoms with Crippen LogP contribution in [0, 0.1) is 0 Å². The quantitative estimate of drug-likeness (QED) is 0.743. The van der Waals surface area contributed by atoms with Crippen LogP contribution >= 0.6 is 0 Å². The highest BCUT2D eigenvalue weighted by Crippen LogP contribution is 2.20. The van der Waals surface area contributed by atoms with E-state index in [0.717, 1.165) is 16.8 Å². The second kappa shape index (κ2) is 3.27. The van der Waals surface area contributed by atoms with Crippen LogP contribution in [-0.2, 0) is 19.5 Å². The number of alkyl halides is 3. The molecule has 0 fully saturated rings. The summed E-state index contributed by atoms with van der Waals surface area (Å²) in [4.78, 5) is 0. The molecule has 0 unspecified atom stereocenters. The normalized spacial score (nSPS) is 16.8. The summed E-state index contributed by atoms with van der Waals surface area (Å²) >= 11 is 0. The summed E-state index contributed by atoms with van der Waals surface area (Å²) in [6, 6.07) is 0. The molecule has 0 saturated heterocycles. The van der Waals surface area contributed by atoms with Crippen LogP contribution in [0.25, 0.3) is 0 Å². The molecule has 6 heteroatoms. The molecule has 1 aliphatic heterocycles. The number of aromatic nitrogens is 2. The lowest BCUT2D eigenvalue weighted by Gasteiger charge is -2.15. The second-order valence-electron chi connectivity index (χ2n) is 3.32. The van der Waals surface area contributed by atoms with Crippen LogP contribution in [0.15, 0.2) is 6.20 Å². The molecular formula is C8H10F3N3. The molecule has 0 radical (unpaired) electrons. The molecule has 0 aliphatic carbocycles. The highest BCUT2D eigenvalue weighted by atomic mass is 19.4. The van der Waals surface area contributed by atoms with Gasteiger partial charge >= 0.3 is 6.18 Å². The van der Waals surface area contributed by atoms with Crippen molar-refractivity contribution < 1.29 is 13.2 Å². The Kier molecular flexibility index (Phi) is 2.22. The summed E-state index contributed by atoms with van der Waals surface area (Å²) in [6.45, 7) is 0.353. The van der Waals surface area contributed by atoms with Gasteiger partial charge in [0, 0.05) is 30.8 Å². The van der Waals surface area contributed by atoms with Gasteiger partial charge in [-0.15, -0.1) is 0 Å². The molecule has 0 amide bonds. The van der Waals surface area contributed by atoms with E-state index < -0.39 is 12.7 Å². The first kappa shape index (κ1) is 9.51. The lowest BCUT2D eigenvalue weighted by atomic mass is 10.1. The van der Waals surface area contributed by atoms with E-state index >= 15 is 0 Å². The van der Waals surface area contributed by atoms with Crippen molar-refractivity contribution in [2.24, 2.45) is 0 Å². The molecule has 0 saturated carbocycles. The molecule has 0 spiro atoms. The van der Waals surface area contributed by atoms with E-state index in [1.54, 1.807) is 0 Å². The molecule has 1 aliphatic rings. The van der Waals surface area contributed by atoms with E-state index in [9.17, 15) is 13.2 Å². The van der Waals surface area contributed by atoms with Gasteiger partial charge in [0.1, 0.15) is 6.54 Å². The van der Waals surface area contributed by atoms with Gasteiger partial charge in [0.05, 0.1) is 6.20 Å². The summed E-state index contributed by atoms with van der Waals surface area (Å²) < 4.78 is 37.4. The second-order valence-corrected chi connectivity index (χ2v) is 3.32. The first-order chi connectivity index (χ1) is 6.56. The fourth-order valence-corrected chi connectivity index (χ4v) is 1.62. The van der Waals surface area contributed by atoms with Crippen LogP contribution in [0.5, 0.6) is 0 Å². The fourth-order valence-electron chi connectivity index (χ4n) is 1.62. The molecule has 2 rings (SSSR count). The van der Waals surface area contributed by atoms with Crippen molar-refractivity contribution in [3.05, 3.63) is 17.5 Å². The Labute approximate surface area is 78.9 Å². The summed E-state index contributed by atoms with van der Waals surface area (Å²) in [5.74, 6) is 0. The standard InChI is InChI=1S/C8H10F3N3/c9-8(10,11)5-14-7-1-2-12-3-6(7)4-13-14/h4,12H,1-3,5H2. The highest BCUT2D eigenvalue weighted by molar-refractivity contribution is 5.20. The van der Waals surface area contributed by atoms with Crippen LogP contribution in [-0.4, -0.2) is 22.5 Å². The van der Waals surface area contributed by atoms with E-state index in [0.29, 0.717) is 18.7 Å². The largest absolute Gasteiger partial charge is 0.408 e. The highest BCUT2D eigenvalue weighted by Gasteiger charge is 2.30. The lowest BCUT2D eigenvalue weighted by Crippen LogP contribution is -2.27. The monoisotopic (exact) mass is 205 g/mol. The topological polar surface area (TPSA) is 29.9 Å². The third-order valence-electron chi connectivity index (χ3n) is 2.22. The minimum atomic E-state index is -4.19. The molecule has 14 heavy (non-hydrogen) atoms. The first-order valence-corrected chi connectivity index (χ1v) is 4.37. The van der Waals surface area contributed by atoms with Gasteiger partial charge in [-0.25, -0.2) is 0 Å². The van der Waals surface area contributed by atoms with Crippen molar-refractivity contribution in [3.63, 3.8) is 0 Å². The van der Waals surface area contributed by atoms with Gasteiger partial charge < -0.3 is 5.32 Å². The fraction of sp³-hybridized carbons (Fsp3) is 0.625. The van der Waals surface area contributed by atoms with Crippen molar-refractivity contribution in [1.82, 2.24) is 15.1 Å². The SMILES string of the molecule is FC(F)(F)Cn1ncc2c1CCNC2. The Hall–Kier alpha value is -1.04. The molecule has 0 aromatic carbocycles. The Balaban J connectivity index is 2.22. The lowest BCUT2D eigenvalue weighted by molar-refractivity contribution is -0.143. The Morgan fingerprint density at radius 1 is 1.50 bits per heavy atom. The van der Waals surface area contributed by atoms with Crippen molar-refractivity contribution in [3.8, 4) is 0 Å². The molecule has 1 N–H and O–H groups in total. The molecule has 2 heterocycles. The maximum Gasteiger partial charge on any atom is 0.408 e. The zero-order valence-corrected chi connectivity index (χ0v) is 7.43.